The predicted molar refractivity (Wildman–Crippen MR) is 80.3 cm³/mol. The van der Waals surface area contributed by atoms with Gasteiger partial charge in [0.2, 0.25) is 0 Å². The minimum Gasteiger partial charge on any atom is -0.423 e. The monoisotopic (exact) mass is 322 g/mol. The molecular weight excluding hydrogens is 307 g/mol. The summed E-state index contributed by atoms with van der Waals surface area (Å²) in [4.78, 5) is 11.7. The number of rotatable bonds is 2. The van der Waals surface area contributed by atoms with Crippen molar-refractivity contribution >= 4 is 29.1 Å². The van der Waals surface area contributed by atoms with Gasteiger partial charge in [-0.15, -0.1) is 0 Å². The van der Waals surface area contributed by atoms with E-state index in [-0.39, 0.29) is 16.5 Å². The second-order valence-corrected chi connectivity index (χ2v) is 6.87. The van der Waals surface area contributed by atoms with E-state index < -0.39 is 7.25 Å². The second kappa shape index (κ2) is 7.02. The van der Waals surface area contributed by atoms with Crippen LogP contribution in [0.1, 0.15) is 11.1 Å². The lowest BCUT2D eigenvalue weighted by molar-refractivity contribution is 0.368. The third kappa shape index (κ3) is 5.83. The van der Waals surface area contributed by atoms with Gasteiger partial charge in [0.05, 0.1) is 12.5 Å². The highest BCUT2D eigenvalue weighted by Gasteiger charge is 2.20. The molecule has 1 aromatic carbocycles. The van der Waals surface area contributed by atoms with Crippen LogP contribution in [0.4, 0.5) is 17.3 Å². The second-order valence-electron chi connectivity index (χ2n) is 4.61. The number of benzene rings is 1. The van der Waals surface area contributed by atoms with Gasteiger partial charge in [-0.05, 0) is 23.9 Å². The zero-order chi connectivity index (χ0) is 16.2. The maximum absolute atomic E-state index is 11.7. The van der Waals surface area contributed by atoms with Gasteiger partial charge in [0.1, 0.15) is 11.3 Å². The summed E-state index contributed by atoms with van der Waals surface area (Å²) in [7, 11) is -5.72. The molecule has 0 saturated heterocycles. The molecule has 0 aliphatic rings. The van der Waals surface area contributed by atoms with Crippen molar-refractivity contribution in [3.63, 3.8) is 0 Å². The van der Waals surface area contributed by atoms with E-state index >= 15 is 0 Å². The molecule has 0 radical (unpaired) electrons. The molecule has 0 bridgehead atoms. The average molecular weight is 322 g/mol. The van der Waals surface area contributed by atoms with E-state index in [1.807, 2.05) is 31.2 Å². The van der Waals surface area contributed by atoms with Crippen LogP contribution >= 0.6 is 0 Å². The average Bonchev–Trinajstić information content (AvgIpc) is 2.32. The van der Waals surface area contributed by atoms with Crippen molar-refractivity contribution in [2.45, 2.75) is 12.7 Å². The van der Waals surface area contributed by atoms with Crippen LogP contribution in [0, 0.1) is 6.92 Å². The van der Waals surface area contributed by atoms with Crippen LogP contribution in [0.3, 0.4) is 0 Å². The summed E-state index contributed by atoms with van der Waals surface area (Å²) in [5, 5.41) is 1.07. The number of hydrogen-bond donors (Lipinski definition) is 0. The molecule has 2 nitrogen and oxygen atoms in total. The van der Waals surface area contributed by atoms with Crippen LogP contribution in [-0.2, 0) is 16.6 Å². The lowest BCUT2D eigenvalue weighted by atomic mass is 10.1. The number of hydrogen-bond acceptors (Lipinski definition) is 2. The van der Waals surface area contributed by atoms with Crippen molar-refractivity contribution in [1.82, 2.24) is 0 Å². The molecule has 0 aliphatic heterocycles. The van der Waals surface area contributed by atoms with E-state index in [4.69, 9.17) is 4.42 Å². The fourth-order valence-electron chi connectivity index (χ4n) is 1.78. The van der Waals surface area contributed by atoms with Gasteiger partial charge in [-0.3, -0.25) is 0 Å². The Balaban J connectivity index is 0.000000383. The molecule has 0 saturated carbocycles. The topological polar surface area (TPSA) is 30.2 Å². The van der Waals surface area contributed by atoms with Gasteiger partial charge < -0.3 is 21.7 Å². The number of halogens is 4. The summed E-state index contributed by atoms with van der Waals surface area (Å²) < 4.78 is 44.3. The van der Waals surface area contributed by atoms with E-state index in [2.05, 4.69) is 12.5 Å². The van der Waals surface area contributed by atoms with Crippen molar-refractivity contribution in [2.75, 3.05) is 12.5 Å². The van der Waals surface area contributed by atoms with Crippen LogP contribution in [0.15, 0.2) is 33.5 Å². The third-order valence-electron chi connectivity index (χ3n) is 2.61. The Morgan fingerprint density at radius 3 is 2.19 bits per heavy atom. The summed E-state index contributed by atoms with van der Waals surface area (Å²) in [5.74, 6) is 0.942. The van der Waals surface area contributed by atoms with E-state index in [0.717, 1.165) is 22.3 Å². The van der Waals surface area contributed by atoms with Gasteiger partial charge in [-0.2, -0.15) is 0 Å². The summed E-state index contributed by atoms with van der Waals surface area (Å²) >= 11 is 0. The molecule has 0 spiro atoms. The molecular formula is C13H15BF4O2S. The molecule has 1 heterocycles. The van der Waals surface area contributed by atoms with Gasteiger partial charge in [0, 0.05) is 16.5 Å². The van der Waals surface area contributed by atoms with Gasteiger partial charge in [-0.25, -0.2) is 4.79 Å². The summed E-state index contributed by atoms with van der Waals surface area (Å²) in [6, 6.07) is 7.74. The first kappa shape index (κ1) is 17.6. The number of para-hydroxylation sites is 1. The van der Waals surface area contributed by atoms with Gasteiger partial charge in [0.15, 0.2) is 0 Å². The zero-order valence-electron chi connectivity index (χ0n) is 11.8. The maximum Gasteiger partial charge on any atom is 0.673 e. The molecule has 0 amide bonds. The molecule has 0 atom stereocenters. The lowest BCUT2D eigenvalue weighted by Gasteiger charge is -2.06. The minimum absolute atomic E-state index is 0.209. The molecule has 8 heteroatoms. The van der Waals surface area contributed by atoms with E-state index in [1.54, 1.807) is 0 Å². The maximum atomic E-state index is 11.7. The van der Waals surface area contributed by atoms with Gasteiger partial charge in [0.25, 0.3) is 0 Å². The van der Waals surface area contributed by atoms with Crippen molar-refractivity contribution in [1.29, 1.82) is 0 Å². The van der Waals surface area contributed by atoms with Gasteiger partial charge >= 0.3 is 12.9 Å². The fourth-order valence-corrected chi connectivity index (χ4v) is 2.73. The molecule has 0 unspecified atom stereocenters. The molecule has 1 aromatic heterocycles. The highest BCUT2D eigenvalue weighted by molar-refractivity contribution is 7.94. The SMILES string of the molecule is Cc1c(C[S+](C)C)c2ccccc2oc1=O.F[B-](F)(F)F. The molecule has 0 aliphatic carbocycles. The molecule has 2 rings (SSSR count). The summed E-state index contributed by atoms with van der Waals surface area (Å²) in [5.41, 5.74) is 2.37. The largest absolute Gasteiger partial charge is 0.673 e. The Kier molecular flexibility index (Phi) is 5.89. The van der Waals surface area contributed by atoms with Crippen molar-refractivity contribution < 1.29 is 21.7 Å². The molecule has 0 N–H and O–H groups in total. The normalized spacial score (nSPS) is 11.4. The van der Waals surface area contributed by atoms with E-state index in [0.29, 0.717) is 5.58 Å². The van der Waals surface area contributed by atoms with Crippen LogP contribution in [0.25, 0.3) is 11.0 Å². The highest BCUT2D eigenvalue weighted by Crippen LogP contribution is 2.21. The predicted octanol–water partition coefficient (Wildman–Crippen LogP) is 3.78. The molecule has 21 heavy (non-hydrogen) atoms. The molecule has 116 valence electrons. The lowest BCUT2D eigenvalue weighted by Crippen LogP contribution is -2.11. The number of fused-ring (bicyclic) bond motifs is 1. The summed E-state index contributed by atoms with van der Waals surface area (Å²) in [6.45, 7) is 1.85. The standard InChI is InChI=1S/C13H15O2S.BF4/c1-9-11(8-16(2)3)10-6-4-5-7-12(10)15-13(9)14;2-1(3,4)5/h4-7H,8H2,1-3H3;/q+1;-1. The Bertz CT molecular complexity index is 661. The van der Waals surface area contributed by atoms with Crippen molar-refractivity contribution in [3.8, 4) is 0 Å². The highest BCUT2D eigenvalue weighted by atomic mass is 32.2. The Morgan fingerprint density at radius 2 is 1.67 bits per heavy atom. The summed E-state index contributed by atoms with van der Waals surface area (Å²) in [6.07, 6.45) is 4.37. The minimum atomic E-state index is -6.00. The Morgan fingerprint density at radius 1 is 1.14 bits per heavy atom. The Labute approximate surface area is 122 Å². The first-order valence-electron chi connectivity index (χ1n) is 6.02. The quantitative estimate of drug-likeness (QED) is 0.365. The van der Waals surface area contributed by atoms with Crippen LogP contribution in [-0.4, -0.2) is 19.8 Å². The Hall–Kier alpha value is -1.44. The fraction of sp³-hybridized carbons (Fsp3) is 0.308. The van der Waals surface area contributed by atoms with Gasteiger partial charge in [-0.1, -0.05) is 18.2 Å². The molecule has 2 aromatic rings. The van der Waals surface area contributed by atoms with Crippen LogP contribution in [0.2, 0.25) is 0 Å². The first-order chi connectivity index (χ1) is 9.59. The van der Waals surface area contributed by atoms with Crippen molar-refractivity contribution in [2.24, 2.45) is 0 Å². The van der Waals surface area contributed by atoms with Crippen LogP contribution < -0.4 is 5.63 Å². The smallest absolute Gasteiger partial charge is 0.423 e. The van der Waals surface area contributed by atoms with Crippen LogP contribution in [0.5, 0.6) is 0 Å². The zero-order valence-corrected chi connectivity index (χ0v) is 12.6. The van der Waals surface area contributed by atoms with E-state index in [9.17, 15) is 22.1 Å². The molecule has 0 fully saturated rings. The third-order valence-corrected chi connectivity index (χ3v) is 3.47. The van der Waals surface area contributed by atoms with Crippen molar-refractivity contribution in [3.05, 3.63) is 45.8 Å². The first-order valence-corrected chi connectivity index (χ1v) is 8.23. The van der Waals surface area contributed by atoms with E-state index in [1.165, 1.54) is 0 Å².